The summed E-state index contributed by atoms with van der Waals surface area (Å²) in [5.41, 5.74) is 9.71. The summed E-state index contributed by atoms with van der Waals surface area (Å²) in [5, 5.41) is 13.4. The lowest BCUT2D eigenvalue weighted by Crippen LogP contribution is -2.20. The fourth-order valence-electron chi connectivity index (χ4n) is 1.66. The first kappa shape index (κ1) is 10.7. The number of carbonyl (C=O) groups is 1. The average Bonchev–Trinajstić information content (AvgIpc) is 2.91. The molecule has 1 amide bonds. The fraction of sp³-hybridized carbons (Fsp3) is 0. The van der Waals surface area contributed by atoms with Gasteiger partial charge in [-0.3, -0.25) is 0 Å². The standard InChI is InChI=1S/C11H7N4O2S/c12-11(17)15-10-9(18-5-13-10)8(14-15)6-1-3-7(16)4-2-6/h1-4,16H,(H2,12,17). The molecule has 3 aromatic rings. The van der Waals surface area contributed by atoms with Crippen LogP contribution in [0.5, 0.6) is 5.75 Å². The second-order valence-electron chi connectivity index (χ2n) is 3.60. The molecule has 0 unspecified atom stereocenters. The maximum Gasteiger partial charge on any atom is 0.341 e. The van der Waals surface area contributed by atoms with Gasteiger partial charge in [-0.25, -0.2) is 9.78 Å². The number of carbonyl (C=O) groups excluding carboxylic acids is 1. The number of aromatic nitrogens is 3. The Morgan fingerprint density at radius 3 is 2.78 bits per heavy atom. The lowest BCUT2D eigenvalue weighted by Gasteiger charge is -1.97. The maximum absolute atomic E-state index is 11.2. The highest BCUT2D eigenvalue weighted by Crippen LogP contribution is 2.30. The van der Waals surface area contributed by atoms with Crippen molar-refractivity contribution in [2.24, 2.45) is 5.73 Å². The monoisotopic (exact) mass is 259 g/mol. The lowest BCUT2D eigenvalue weighted by atomic mass is 10.1. The van der Waals surface area contributed by atoms with Gasteiger partial charge in [0.05, 0.1) is 0 Å². The second-order valence-corrected chi connectivity index (χ2v) is 4.40. The van der Waals surface area contributed by atoms with Crippen LogP contribution < -0.4 is 5.73 Å². The third kappa shape index (κ3) is 1.52. The van der Waals surface area contributed by atoms with Crippen LogP contribution in [0.2, 0.25) is 0 Å². The molecule has 89 valence electrons. The number of rotatable bonds is 1. The quantitative estimate of drug-likeness (QED) is 0.693. The number of aromatic hydroxyl groups is 1. The van der Waals surface area contributed by atoms with Crippen molar-refractivity contribution in [3.63, 3.8) is 0 Å². The molecule has 0 saturated heterocycles. The number of hydrogen-bond acceptors (Lipinski definition) is 5. The van der Waals surface area contributed by atoms with E-state index in [4.69, 9.17) is 5.73 Å². The van der Waals surface area contributed by atoms with Crippen molar-refractivity contribution >= 4 is 27.7 Å². The van der Waals surface area contributed by atoms with Crippen molar-refractivity contribution in [3.05, 3.63) is 29.8 Å². The van der Waals surface area contributed by atoms with E-state index < -0.39 is 6.03 Å². The molecule has 0 bridgehead atoms. The smallest absolute Gasteiger partial charge is 0.341 e. The number of fused-ring (bicyclic) bond motifs is 1. The van der Waals surface area contributed by atoms with E-state index in [-0.39, 0.29) is 5.75 Å². The van der Waals surface area contributed by atoms with E-state index in [2.05, 4.69) is 15.6 Å². The predicted molar refractivity (Wildman–Crippen MR) is 66.3 cm³/mol. The summed E-state index contributed by atoms with van der Waals surface area (Å²) < 4.78 is 1.78. The molecule has 0 aliphatic carbocycles. The molecule has 0 spiro atoms. The molecule has 0 atom stereocenters. The van der Waals surface area contributed by atoms with Crippen LogP contribution in [-0.2, 0) is 0 Å². The van der Waals surface area contributed by atoms with E-state index in [0.29, 0.717) is 11.3 Å². The zero-order valence-electron chi connectivity index (χ0n) is 8.99. The number of nitrogens with zero attached hydrogens (tertiary/aromatic N) is 3. The van der Waals surface area contributed by atoms with E-state index in [1.54, 1.807) is 24.3 Å². The minimum atomic E-state index is -0.690. The molecular weight excluding hydrogens is 252 g/mol. The average molecular weight is 259 g/mol. The lowest BCUT2D eigenvalue weighted by molar-refractivity contribution is 0.248. The van der Waals surface area contributed by atoms with Crippen LogP contribution in [-0.4, -0.2) is 25.9 Å². The molecule has 3 N–H and O–H groups in total. The number of phenolic OH excluding ortho intramolecular Hbond substituents is 1. The van der Waals surface area contributed by atoms with Crippen molar-refractivity contribution in [2.45, 2.75) is 0 Å². The van der Waals surface area contributed by atoms with Crippen LogP contribution in [0.15, 0.2) is 24.3 Å². The predicted octanol–water partition coefficient (Wildman–Crippen LogP) is 1.59. The van der Waals surface area contributed by atoms with E-state index in [9.17, 15) is 9.90 Å². The summed E-state index contributed by atoms with van der Waals surface area (Å²) in [5.74, 6) is 0.167. The minimum absolute atomic E-state index is 0.167. The van der Waals surface area contributed by atoms with Crippen LogP contribution in [0.4, 0.5) is 4.79 Å². The molecule has 7 heteroatoms. The molecule has 0 aliphatic heterocycles. The summed E-state index contributed by atoms with van der Waals surface area (Å²) in [6.07, 6.45) is 0. The Balaban J connectivity index is 2.26. The largest absolute Gasteiger partial charge is 0.508 e. The summed E-state index contributed by atoms with van der Waals surface area (Å²) >= 11 is 1.26. The third-order valence-electron chi connectivity index (χ3n) is 2.47. The normalized spacial score (nSPS) is 10.9. The van der Waals surface area contributed by atoms with Gasteiger partial charge in [-0.15, -0.1) is 11.3 Å². The second kappa shape index (κ2) is 3.81. The van der Waals surface area contributed by atoms with E-state index >= 15 is 0 Å². The summed E-state index contributed by atoms with van der Waals surface area (Å²) in [4.78, 5) is 15.2. The van der Waals surface area contributed by atoms with Crippen molar-refractivity contribution in [1.82, 2.24) is 14.8 Å². The number of benzene rings is 1. The van der Waals surface area contributed by atoms with Gasteiger partial charge in [-0.1, -0.05) is 0 Å². The van der Waals surface area contributed by atoms with E-state index in [0.717, 1.165) is 14.9 Å². The molecule has 3 rings (SSSR count). The van der Waals surface area contributed by atoms with Crippen LogP contribution in [0.1, 0.15) is 0 Å². The van der Waals surface area contributed by atoms with Gasteiger partial charge in [0.2, 0.25) is 0 Å². The molecular formula is C11H7N4O2S. The number of primary amides is 1. The van der Waals surface area contributed by atoms with Gasteiger partial charge in [0.1, 0.15) is 16.1 Å². The Bertz CT molecular complexity index is 729. The molecule has 18 heavy (non-hydrogen) atoms. The van der Waals surface area contributed by atoms with Crippen molar-refractivity contribution in [2.75, 3.05) is 0 Å². The number of phenols is 1. The van der Waals surface area contributed by atoms with Gasteiger partial charge in [0.15, 0.2) is 11.2 Å². The fourth-order valence-corrected chi connectivity index (χ4v) is 2.36. The first-order valence-corrected chi connectivity index (χ1v) is 5.83. The SMILES string of the molecule is NC(=O)n1nc(-c2ccc(O)cc2)c2s[c]nc21. The van der Waals surface area contributed by atoms with Crippen LogP contribution >= 0.6 is 11.3 Å². The van der Waals surface area contributed by atoms with Crippen molar-refractivity contribution < 1.29 is 9.90 Å². The number of hydrogen-bond donors (Lipinski definition) is 2. The van der Waals surface area contributed by atoms with Gasteiger partial charge < -0.3 is 10.8 Å². The summed E-state index contributed by atoms with van der Waals surface area (Å²) in [6.45, 7) is 0. The number of thiazole rings is 1. The van der Waals surface area contributed by atoms with Gasteiger partial charge in [-0.2, -0.15) is 9.78 Å². The molecule has 2 aromatic heterocycles. The molecule has 0 fully saturated rings. The maximum atomic E-state index is 11.2. The van der Waals surface area contributed by atoms with Gasteiger partial charge >= 0.3 is 6.03 Å². The Labute approximate surface area is 105 Å². The highest BCUT2D eigenvalue weighted by molar-refractivity contribution is 7.16. The molecule has 0 saturated carbocycles. The van der Waals surface area contributed by atoms with E-state index in [1.807, 2.05) is 0 Å². The molecule has 2 heterocycles. The molecule has 1 aromatic carbocycles. The van der Waals surface area contributed by atoms with Crippen molar-refractivity contribution in [3.8, 4) is 17.0 Å². The summed E-state index contributed by atoms with van der Waals surface area (Å²) in [6, 6.07) is 5.83. The Hall–Kier alpha value is -2.41. The first-order valence-electron chi connectivity index (χ1n) is 5.01. The Morgan fingerprint density at radius 1 is 1.39 bits per heavy atom. The van der Waals surface area contributed by atoms with Crippen LogP contribution in [0.3, 0.4) is 0 Å². The third-order valence-corrected chi connectivity index (χ3v) is 3.23. The summed E-state index contributed by atoms with van der Waals surface area (Å²) in [7, 11) is 0. The van der Waals surface area contributed by atoms with Crippen molar-refractivity contribution in [1.29, 1.82) is 0 Å². The topological polar surface area (TPSA) is 94.0 Å². The molecule has 6 nitrogen and oxygen atoms in total. The Kier molecular flexibility index (Phi) is 2.27. The van der Waals surface area contributed by atoms with Gasteiger partial charge in [0, 0.05) is 5.56 Å². The number of nitrogens with two attached hydrogens (primary N) is 1. The van der Waals surface area contributed by atoms with Crippen LogP contribution in [0, 0.1) is 5.51 Å². The Morgan fingerprint density at radius 2 is 2.11 bits per heavy atom. The highest BCUT2D eigenvalue weighted by atomic mass is 32.1. The minimum Gasteiger partial charge on any atom is -0.508 e. The first-order chi connectivity index (χ1) is 8.66. The van der Waals surface area contributed by atoms with Gasteiger partial charge in [-0.05, 0) is 24.3 Å². The zero-order chi connectivity index (χ0) is 12.7. The highest BCUT2D eigenvalue weighted by Gasteiger charge is 2.17. The zero-order valence-corrected chi connectivity index (χ0v) is 9.81. The molecule has 1 radical (unpaired) electrons. The van der Waals surface area contributed by atoms with E-state index in [1.165, 1.54) is 11.3 Å². The van der Waals surface area contributed by atoms with Gasteiger partial charge in [0.25, 0.3) is 0 Å². The van der Waals surface area contributed by atoms with Crippen LogP contribution in [0.25, 0.3) is 21.6 Å². The molecule has 0 aliphatic rings. The number of amides is 1.